The summed E-state index contributed by atoms with van der Waals surface area (Å²) in [5, 5.41) is 10.5. The molecule has 4 nitrogen and oxygen atoms in total. The van der Waals surface area contributed by atoms with Gasteiger partial charge in [0.1, 0.15) is 6.10 Å². The second kappa shape index (κ2) is 5.06. The van der Waals surface area contributed by atoms with Gasteiger partial charge in [0.05, 0.1) is 5.52 Å². The van der Waals surface area contributed by atoms with Gasteiger partial charge in [-0.3, -0.25) is 4.98 Å². The molecule has 1 heterocycles. The van der Waals surface area contributed by atoms with Crippen molar-refractivity contribution in [2.24, 2.45) is 0 Å². The zero-order chi connectivity index (χ0) is 14.3. The Hall–Kier alpha value is -1.60. The third-order valence-electron chi connectivity index (χ3n) is 3.28. The number of H-pyrrole nitrogens is 1. The summed E-state index contributed by atoms with van der Waals surface area (Å²) in [5.74, 6) is -0.489. The number of aryl methyl sites for hydroxylation is 1. The Bertz CT molecular complexity index is 834. The predicted molar refractivity (Wildman–Crippen MR) is 84.8 cm³/mol. The molecule has 0 saturated heterocycles. The standard InChI is InChI=1S/C15H12INO3/c1-8-3-2-4-10(13(8)16)14(18)9-5-6-11-12(7-9)20-15(19)17-11/h2-7,14,18H,1H3,(H,17,19). The van der Waals surface area contributed by atoms with Crippen LogP contribution in [0.4, 0.5) is 0 Å². The molecule has 0 spiro atoms. The third kappa shape index (κ3) is 2.27. The van der Waals surface area contributed by atoms with Crippen molar-refractivity contribution in [3.8, 4) is 0 Å². The van der Waals surface area contributed by atoms with Crippen LogP contribution in [0.15, 0.2) is 45.6 Å². The van der Waals surface area contributed by atoms with Crippen molar-refractivity contribution in [2.75, 3.05) is 0 Å². The Kier molecular flexibility index (Phi) is 3.39. The number of oxazole rings is 1. The zero-order valence-electron chi connectivity index (χ0n) is 10.7. The second-order valence-corrected chi connectivity index (χ2v) is 5.73. The van der Waals surface area contributed by atoms with E-state index in [9.17, 15) is 9.90 Å². The van der Waals surface area contributed by atoms with Crippen molar-refractivity contribution < 1.29 is 9.52 Å². The normalized spacial score (nSPS) is 12.8. The molecule has 2 N–H and O–H groups in total. The van der Waals surface area contributed by atoms with Gasteiger partial charge in [0.2, 0.25) is 0 Å². The zero-order valence-corrected chi connectivity index (χ0v) is 12.8. The smallest absolute Gasteiger partial charge is 0.408 e. The van der Waals surface area contributed by atoms with Crippen LogP contribution in [-0.4, -0.2) is 10.1 Å². The lowest BCUT2D eigenvalue weighted by atomic mass is 10.00. The summed E-state index contributed by atoms with van der Waals surface area (Å²) in [7, 11) is 0. The van der Waals surface area contributed by atoms with Crippen LogP contribution in [0.1, 0.15) is 22.8 Å². The molecule has 0 amide bonds. The van der Waals surface area contributed by atoms with Crippen molar-refractivity contribution in [2.45, 2.75) is 13.0 Å². The number of aliphatic hydroxyl groups is 1. The van der Waals surface area contributed by atoms with Gasteiger partial charge in [-0.1, -0.05) is 24.3 Å². The molecular formula is C15H12INO3. The number of benzene rings is 2. The number of aliphatic hydroxyl groups excluding tert-OH is 1. The molecule has 0 aliphatic rings. The summed E-state index contributed by atoms with van der Waals surface area (Å²) in [6.07, 6.45) is -0.744. The number of rotatable bonds is 2. The molecule has 20 heavy (non-hydrogen) atoms. The van der Waals surface area contributed by atoms with Gasteiger partial charge in [-0.25, -0.2) is 4.79 Å². The molecule has 5 heteroatoms. The second-order valence-electron chi connectivity index (χ2n) is 4.65. The average Bonchev–Trinajstić information content (AvgIpc) is 2.80. The van der Waals surface area contributed by atoms with Gasteiger partial charge in [0, 0.05) is 3.57 Å². The summed E-state index contributed by atoms with van der Waals surface area (Å²) >= 11 is 2.23. The van der Waals surface area contributed by atoms with Crippen molar-refractivity contribution in [1.82, 2.24) is 4.98 Å². The molecule has 0 fully saturated rings. The first-order valence-electron chi connectivity index (χ1n) is 6.12. The quantitative estimate of drug-likeness (QED) is 0.671. The van der Waals surface area contributed by atoms with Crippen LogP contribution in [0, 0.1) is 10.5 Å². The maximum absolute atomic E-state index is 11.2. The Labute approximate surface area is 128 Å². The third-order valence-corrected chi connectivity index (χ3v) is 4.75. The molecule has 102 valence electrons. The molecule has 0 saturated carbocycles. The van der Waals surface area contributed by atoms with Crippen LogP contribution < -0.4 is 5.76 Å². The Morgan fingerprint density at radius 2 is 2.10 bits per heavy atom. The highest BCUT2D eigenvalue weighted by Gasteiger charge is 2.16. The lowest BCUT2D eigenvalue weighted by Crippen LogP contribution is -2.03. The minimum absolute atomic E-state index is 0.453. The molecule has 1 aromatic heterocycles. The van der Waals surface area contributed by atoms with E-state index in [0.717, 1.165) is 14.7 Å². The molecule has 0 radical (unpaired) electrons. The van der Waals surface area contributed by atoms with Crippen LogP contribution in [0.3, 0.4) is 0 Å². The first-order chi connectivity index (χ1) is 9.56. The molecule has 1 atom stereocenters. The minimum Gasteiger partial charge on any atom is -0.408 e. The molecule has 3 aromatic rings. The summed E-state index contributed by atoms with van der Waals surface area (Å²) < 4.78 is 6.06. The minimum atomic E-state index is -0.744. The molecule has 0 aliphatic carbocycles. The van der Waals surface area contributed by atoms with Crippen molar-refractivity contribution in [3.63, 3.8) is 0 Å². The summed E-state index contributed by atoms with van der Waals surface area (Å²) in [4.78, 5) is 13.7. The highest BCUT2D eigenvalue weighted by Crippen LogP contribution is 2.29. The molecule has 0 bridgehead atoms. The number of nitrogens with one attached hydrogen (secondary N) is 1. The van der Waals surface area contributed by atoms with Crippen LogP contribution in [-0.2, 0) is 0 Å². The summed E-state index contributed by atoms with van der Waals surface area (Å²) in [6.45, 7) is 2.01. The monoisotopic (exact) mass is 381 g/mol. The SMILES string of the molecule is Cc1cccc(C(O)c2ccc3[nH]c(=O)oc3c2)c1I. The van der Waals surface area contributed by atoms with E-state index in [-0.39, 0.29) is 0 Å². The predicted octanol–water partition coefficient (Wildman–Crippen LogP) is 3.12. The molecule has 1 unspecified atom stereocenters. The molecule has 2 aromatic carbocycles. The fraction of sp³-hybridized carbons (Fsp3) is 0.133. The molecule has 0 aliphatic heterocycles. The first-order valence-corrected chi connectivity index (χ1v) is 7.20. The highest BCUT2D eigenvalue weighted by atomic mass is 127. The van der Waals surface area contributed by atoms with Gasteiger partial charge in [0.15, 0.2) is 5.58 Å². The van der Waals surface area contributed by atoms with E-state index >= 15 is 0 Å². The Morgan fingerprint density at radius 1 is 1.30 bits per heavy atom. The molecular weight excluding hydrogens is 369 g/mol. The van der Waals surface area contributed by atoms with Gasteiger partial charge >= 0.3 is 5.76 Å². The van der Waals surface area contributed by atoms with Gasteiger partial charge in [-0.2, -0.15) is 0 Å². The fourth-order valence-electron chi connectivity index (χ4n) is 2.19. The lowest BCUT2D eigenvalue weighted by Gasteiger charge is -2.14. The number of halogens is 1. The Balaban J connectivity index is 2.09. The maximum Gasteiger partial charge on any atom is 0.417 e. The van der Waals surface area contributed by atoms with Gasteiger partial charge < -0.3 is 9.52 Å². The lowest BCUT2D eigenvalue weighted by molar-refractivity contribution is 0.219. The van der Waals surface area contributed by atoms with Gasteiger partial charge in [-0.05, 0) is 58.3 Å². The van der Waals surface area contributed by atoms with Crippen LogP contribution in [0.25, 0.3) is 11.1 Å². The van der Waals surface area contributed by atoms with Crippen molar-refractivity contribution >= 4 is 33.7 Å². The van der Waals surface area contributed by atoms with Gasteiger partial charge in [0.25, 0.3) is 0 Å². The van der Waals surface area contributed by atoms with Crippen molar-refractivity contribution in [1.29, 1.82) is 0 Å². The summed E-state index contributed by atoms with van der Waals surface area (Å²) in [5.41, 5.74) is 3.75. The largest absolute Gasteiger partial charge is 0.417 e. The number of fused-ring (bicyclic) bond motifs is 1. The average molecular weight is 381 g/mol. The van der Waals surface area contributed by atoms with Crippen LogP contribution >= 0.6 is 22.6 Å². The van der Waals surface area contributed by atoms with E-state index in [0.29, 0.717) is 16.7 Å². The number of hydrogen-bond donors (Lipinski definition) is 2. The van der Waals surface area contributed by atoms with Gasteiger partial charge in [-0.15, -0.1) is 0 Å². The van der Waals surface area contributed by atoms with Crippen molar-refractivity contribution in [3.05, 3.63) is 67.2 Å². The number of hydrogen-bond acceptors (Lipinski definition) is 3. The van der Waals surface area contributed by atoms with E-state index in [1.807, 2.05) is 25.1 Å². The number of aromatic amines is 1. The summed E-state index contributed by atoms with van der Waals surface area (Å²) in [6, 6.07) is 11.0. The highest BCUT2D eigenvalue weighted by molar-refractivity contribution is 14.1. The van der Waals surface area contributed by atoms with E-state index in [4.69, 9.17) is 4.42 Å². The number of aromatic nitrogens is 1. The van der Waals surface area contributed by atoms with E-state index < -0.39 is 11.9 Å². The topological polar surface area (TPSA) is 66.2 Å². The van der Waals surface area contributed by atoms with E-state index in [2.05, 4.69) is 27.6 Å². The fourth-order valence-corrected chi connectivity index (χ4v) is 2.85. The van der Waals surface area contributed by atoms with Crippen LogP contribution in [0.2, 0.25) is 0 Å². The van der Waals surface area contributed by atoms with E-state index in [1.54, 1.807) is 18.2 Å². The van der Waals surface area contributed by atoms with E-state index in [1.165, 1.54) is 0 Å². The first kappa shape index (κ1) is 13.4. The maximum atomic E-state index is 11.2. The molecule has 3 rings (SSSR count). The Morgan fingerprint density at radius 3 is 2.90 bits per heavy atom. The van der Waals surface area contributed by atoms with Crippen LogP contribution in [0.5, 0.6) is 0 Å².